The van der Waals surface area contributed by atoms with E-state index in [1.165, 1.54) is 12.1 Å². The number of carbonyl (C=O) groups is 2. The van der Waals surface area contributed by atoms with Crippen LogP contribution in [0.25, 0.3) is 0 Å². The molecule has 3 aromatic rings. The minimum atomic E-state index is -0.459. The van der Waals surface area contributed by atoms with Crippen molar-refractivity contribution in [3.63, 3.8) is 0 Å². The fourth-order valence-corrected chi connectivity index (χ4v) is 2.72. The molecule has 6 nitrogen and oxygen atoms in total. The molecule has 7 heteroatoms. The highest BCUT2D eigenvalue weighted by molar-refractivity contribution is 6.05. The number of nitrogen functional groups attached to an aromatic ring is 1. The quantitative estimate of drug-likeness (QED) is 0.310. The Balaban J connectivity index is 1.47. The first kappa shape index (κ1) is 20.2. The van der Waals surface area contributed by atoms with Gasteiger partial charge in [0.25, 0.3) is 5.91 Å². The van der Waals surface area contributed by atoms with Gasteiger partial charge in [0.1, 0.15) is 5.82 Å². The lowest BCUT2D eigenvalue weighted by Crippen LogP contribution is -2.18. The molecule has 0 unspecified atom stereocenters. The van der Waals surface area contributed by atoms with Gasteiger partial charge < -0.3 is 16.4 Å². The van der Waals surface area contributed by atoms with E-state index < -0.39 is 5.82 Å². The summed E-state index contributed by atoms with van der Waals surface area (Å²) in [7, 11) is 0. The monoisotopic (exact) mass is 392 g/mol. The smallest absolute Gasteiger partial charge is 0.255 e. The standard InChI is InChI=1S/C22H21FN4O2/c23-18-7-8-20(19(24)12-18)27-22(29)16-5-3-15(4-6-16)13-26-11-9-21(28)17-2-1-10-25-14-17/h1-8,10,12,14,26H,9,11,13,24H2,(H,27,29). The van der Waals surface area contributed by atoms with Crippen molar-refractivity contribution in [1.82, 2.24) is 10.3 Å². The number of hydrogen-bond acceptors (Lipinski definition) is 5. The number of amides is 1. The number of nitrogens with two attached hydrogens (primary N) is 1. The van der Waals surface area contributed by atoms with Crippen molar-refractivity contribution in [2.24, 2.45) is 0 Å². The molecule has 4 N–H and O–H groups in total. The van der Waals surface area contributed by atoms with Gasteiger partial charge in [-0.2, -0.15) is 0 Å². The van der Waals surface area contributed by atoms with Crippen LogP contribution in [-0.2, 0) is 6.54 Å². The zero-order valence-corrected chi connectivity index (χ0v) is 15.7. The number of nitrogens with zero attached hydrogens (tertiary/aromatic N) is 1. The van der Waals surface area contributed by atoms with Gasteiger partial charge in [-0.05, 0) is 48.0 Å². The van der Waals surface area contributed by atoms with Crippen LogP contribution in [0.5, 0.6) is 0 Å². The molecule has 0 aliphatic heterocycles. The van der Waals surface area contributed by atoms with Crippen molar-refractivity contribution in [3.05, 3.63) is 89.5 Å². The average Bonchev–Trinajstić information content (AvgIpc) is 2.74. The molecule has 0 aliphatic carbocycles. The predicted molar refractivity (Wildman–Crippen MR) is 110 cm³/mol. The zero-order valence-electron chi connectivity index (χ0n) is 15.7. The van der Waals surface area contributed by atoms with Gasteiger partial charge in [0, 0.05) is 43.0 Å². The summed E-state index contributed by atoms with van der Waals surface area (Å²) in [5.74, 6) is -0.748. The van der Waals surface area contributed by atoms with E-state index in [2.05, 4.69) is 15.6 Å². The SMILES string of the molecule is Nc1cc(F)ccc1NC(=O)c1ccc(CNCCC(=O)c2cccnc2)cc1. The third kappa shape index (κ3) is 5.70. The molecule has 0 bridgehead atoms. The lowest BCUT2D eigenvalue weighted by atomic mass is 10.1. The first-order valence-electron chi connectivity index (χ1n) is 9.12. The van der Waals surface area contributed by atoms with Gasteiger partial charge in [-0.25, -0.2) is 4.39 Å². The second-order valence-electron chi connectivity index (χ2n) is 6.47. The maximum atomic E-state index is 13.1. The number of Topliss-reactive ketones (excluding diaryl/α,β-unsaturated/α-hetero) is 1. The molecule has 0 aliphatic rings. The highest BCUT2D eigenvalue weighted by atomic mass is 19.1. The lowest BCUT2D eigenvalue weighted by molar-refractivity contribution is 0.0980. The molecule has 0 saturated heterocycles. The molecular weight excluding hydrogens is 371 g/mol. The van der Waals surface area contributed by atoms with E-state index in [4.69, 9.17) is 5.73 Å². The fourth-order valence-electron chi connectivity index (χ4n) is 2.72. The minimum absolute atomic E-state index is 0.0395. The van der Waals surface area contributed by atoms with Gasteiger partial charge in [0.05, 0.1) is 11.4 Å². The van der Waals surface area contributed by atoms with E-state index in [1.807, 2.05) is 12.1 Å². The number of aromatic nitrogens is 1. The second kappa shape index (κ2) is 9.57. The van der Waals surface area contributed by atoms with Crippen LogP contribution in [-0.4, -0.2) is 23.2 Å². The number of benzene rings is 2. The molecule has 0 radical (unpaired) electrons. The summed E-state index contributed by atoms with van der Waals surface area (Å²) < 4.78 is 13.1. The number of anilines is 2. The van der Waals surface area contributed by atoms with E-state index in [9.17, 15) is 14.0 Å². The Kier molecular flexibility index (Phi) is 6.65. The second-order valence-corrected chi connectivity index (χ2v) is 6.47. The predicted octanol–water partition coefficient (Wildman–Crippen LogP) is 3.42. The number of ketones is 1. The molecule has 1 heterocycles. The van der Waals surface area contributed by atoms with Crippen LogP contribution in [0, 0.1) is 5.82 Å². The van der Waals surface area contributed by atoms with Crippen LogP contribution in [0.15, 0.2) is 67.0 Å². The number of halogens is 1. The van der Waals surface area contributed by atoms with Crippen molar-refractivity contribution in [2.75, 3.05) is 17.6 Å². The average molecular weight is 392 g/mol. The Morgan fingerprint density at radius 1 is 1.03 bits per heavy atom. The van der Waals surface area contributed by atoms with Gasteiger partial charge in [0.2, 0.25) is 0 Å². The summed E-state index contributed by atoms with van der Waals surface area (Å²) >= 11 is 0. The Morgan fingerprint density at radius 2 is 1.83 bits per heavy atom. The van der Waals surface area contributed by atoms with E-state index in [-0.39, 0.29) is 17.4 Å². The molecule has 0 spiro atoms. The van der Waals surface area contributed by atoms with Crippen LogP contribution in [0.2, 0.25) is 0 Å². The topological polar surface area (TPSA) is 97.1 Å². The van der Waals surface area contributed by atoms with Gasteiger partial charge in [-0.1, -0.05) is 12.1 Å². The Hall–Kier alpha value is -3.58. The van der Waals surface area contributed by atoms with Crippen molar-refractivity contribution in [1.29, 1.82) is 0 Å². The van der Waals surface area contributed by atoms with Crippen LogP contribution in [0.3, 0.4) is 0 Å². The summed E-state index contributed by atoms with van der Waals surface area (Å²) in [6.07, 6.45) is 3.57. The summed E-state index contributed by atoms with van der Waals surface area (Å²) in [5, 5.41) is 5.87. The van der Waals surface area contributed by atoms with Crippen molar-refractivity contribution in [2.45, 2.75) is 13.0 Å². The van der Waals surface area contributed by atoms with Gasteiger partial charge >= 0.3 is 0 Å². The fraction of sp³-hybridized carbons (Fsp3) is 0.136. The van der Waals surface area contributed by atoms with Crippen LogP contribution in [0.4, 0.5) is 15.8 Å². The number of pyridine rings is 1. The highest BCUT2D eigenvalue weighted by Gasteiger charge is 2.09. The zero-order chi connectivity index (χ0) is 20.6. The van der Waals surface area contributed by atoms with Gasteiger partial charge in [-0.3, -0.25) is 14.6 Å². The van der Waals surface area contributed by atoms with E-state index >= 15 is 0 Å². The number of carbonyl (C=O) groups excluding carboxylic acids is 2. The molecule has 0 atom stereocenters. The minimum Gasteiger partial charge on any atom is -0.397 e. The third-order valence-electron chi connectivity index (χ3n) is 4.32. The molecule has 29 heavy (non-hydrogen) atoms. The Bertz CT molecular complexity index is 991. The number of hydrogen-bond donors (Lipinski definition) is 3. The molecule has 0 fully saturated rings. The largest absolute Gasteiger partial charge is 0.397 e. The summed E-state index contributed by atoms with van der Waals surface area (Å²) in [6, 6.07) is 14.4. The van der Waals surface area contributed by atoms with Crippen molar-refractivity contribution >= 4 is 23.1 Å². The maximum absolute atomic E-state index is 13.1. The van der Waals surface area contributed by atoms with E-state index in [0.29, 0.717) is 36.3 Å². The summed E-state index contributed by atoms with van der Waals surface area (Å²) in [6.45, 7) is 1.12. The molecule has 3 rings (SSSR count). The first-order valence-corrected chi connectivity index (χ1v) is 9.12. The summed E-state index contributed by atoms with van der Waals surface area (Å²) in [5.41, 5.74) is 8.28. The number of nitrogens with one attached hydrogen (secondary N) is 2. The molecule has 148 valence electrons. The van der Waals surface area contributed by atoms with E-state index in [1.54, 1.807) is 36.7 Å². The van der Waals surface area contributed by atoms with Gasteiger partial charge in [-0.15, -0.1) is 0 Å². The number of rotatable bonds is 8. The maximum Gasteiger partial charge on any atom is 0.255 e. The van der Waals surface area contributed by atoms with Crippen LogP contribution in [0.1, 0.15) is 32.7 Å². The Labute approximate surface area is 168 Å². The van der Waals surface area contributed by atoms with Crippen molar-refractivity contribution < 1.29 is 14.0 Å². The van der Waals surface area contributed by atoms with E-state index in [0.717, 1.165) is 11.6 Å². The lowest BCUT2D eigenvalue weighted by Gasteiger charge is -2.09. The van der Waals surface area contributed by atoms with Crippen LogP contribution >= 0.6 is 0 Å². The molecule has 1 aromatic heterocycles. The van der Waals surface area contributed by atoms with Crippen molar-refractivity contribution in [3.8, 4) is 0 Å². The molecule has 2 aromatic carbocycles. The first-order chi connectivity index (χ1) is 14.0. The normalized spacial score (nSPS) is 10.5. The van der Waals surface area contributed by atoms with Gasteiger partial charge in [0.15, 0.2) is 5.78 Å². The van der Waals surface area contributed by atoms with Crippen LogP contribution < -0.4 is 16.4 Å². The Morgan fingerprint density at radius 3 is 2.52 bits per heavy atom. The molecule has 1 amide bonds. The molecular formula is C22H21FN4O2. The molecule has 0 saturated carbocycles. The third-order valence-corrected chi connectivity index (χ3v) is 4.32. The highest BCUT2D eigenvalue weighted by Crippen LogP contribution is 2.20. The summed E-state index contributed by atoms with van der Waals surface area (Å²) in [4.78, 5) is 28.3.